The number of piperazine rings is 1. The molecule has 1 N–H and O–H groups in total. The van der Waals surface area contributed by atoms with Gasteiger partial charge in [0.1, 0.15) is 17.2 Å². The van der Waals surface area contributed by atoms with E-state index in [0.29, 0.717) is 61.3 Å². The zero-order valence-corrected chi connectivity index (χ0v) is 25.5. The van der Waals surface area contributed by atoms with Crippen LogP contribution in [0.5, 0.6) is 11.5 Å². The lowest BCUT2D eigenvalue weighted by Crippen LogP contribution is -2.49. The minimum absolute atomic E-state index is 0.221. The van der Waals surface area contributed by atoms with Gasteiger partial charge in [0.05, 0.1) is 22.5 Å². The monoisotopic (exact) mass is 614 g/mol. The highest BCUT2D eigenvalue weighted by Crippen LogP contribution is 2.27. The Kier molecular flexibility index (Phi) is 9.25. The number of ether oxygens (including phenoxy) is 1. The molecule has 0 amide bonds. The summed E-state index contributed by atoms with van der Waals surface area (Å²) >= 11 is 0. The number of para-hydroxylation sites is 2. The van der Waals surface area contributed by atoms with Crippen molar-refractivity contribution in [2.24, 2.45) is 0 Å². The highest BCUT2D eigenvalue weighted by atomic mass is 32.2. The van der Waals surface area contributed by atoms with Crippen LogP contribution in [0.2, 0.25) is 0 Å². The highest BCUT2D eigenvalue weighted by molar-refractivity contribution is 7.89. The van der Waals surface area contributed by atoms with Crippen molar-refractivity contribution in [3.8, 4) is 17.2 Å². The van der Waals surface area contributed by atoms with E-state index in [1.165, 1.54) is 28.2 Å². The predicted octanol–water partition coefficient (Wildman–Crippen LogP) is 4.43. The van der Waals surface area contributed by atoms with Gasteiger partial charge >= 0.3 is 0 Å². The fourth-order valence-corrected chi connectivity index (χ4v) is 7.17. The number of benzene rings is 3. The first-order valence-electron chi connectivity index (χ1n) is 15.2. The normalized spacial score (nSPS) is 16.5. The zero-order valence-electron chi connectivity index (χ0n) is 24.7. The van der Waals surface area contributed by atoms with E-state index >= 15 is 0 Å². The lowest BCUT2D eigenvalue weighted by atomic mass is 10.1. The summed E-state index contributed by atoms with van der Waals surface area (Å²) in [6.07, 6.45) is 5.41. The minimum atomic E-state index is -3.70. The number of sulfonamides is 1. The summed E-state index contributed by atoms with van der Waals surface area (Å²) in [6.45, 7) is 5.11. The van der Waals surface area contributed by atoms with E-state index in [1.807, 2.05) is 60.7 Å². The second-order valence-electron chi connectivity index (χ2n) is 11.1. The molecular weight excluding hydrogens is 576 g/mol. The summed E-state index contributed by atoms with van der Waals surface area (Å²) in [5.41, 5.74) is 1.66. The molecule has 0 atom stereocenters. The topological polar surface area (TPSA) is 100 Å². The quantitative estimate of drug-likeness (QED) is 0.280. The van der Waals surface area contributed by atoms with E-state index in [9.17, 15) is 13.2 Å². The molecule has 44 heavy (non-hydrogen) atoms. The van der Waals surface area contributed by atoms with Gasteiger partial charge in [-0.3, -0.25) is 4.79 Å². The zero-order chi connectivity index (χ0) is 30.4. The van der Waals surface area contributed by atoms with Crippen LogP contribution in [0.25, 0.3) is 5.69 Å². The number of nitrogens with zero attached hydrogens (tertiary/aromatic N) is 5. The molecule has 3 aromatic carbocycles. The standard InChI is InChI=1S/C33H38N6O4S/c40-33-32(34-18-21-36-19-8-3-9-20-36)31(26-35-39(33)27-10-4-1-5-11-27)37-22-24-38(25-23-37)44(41,42)30-16-14-29(15-17-30)43-28-12-6-2-7-13-28/h1-2,4-7,10-17,26,34H,3,8-9,18-25H2. The number of likely N-dealkylation sites (tertiary alicyclic amines) is 1. The summed E-state index contributed by atoms with van der Waals surface area (Å²) in [6, 6.07) is 25.2. The van der Waals surface area contributed by atoms with Gasteiger partial charge in [0.2, 0.25) is 10.0 Å². The Morgan fingerprint density at radius 1 is 0.750 bits per heavy atom. The van der Waals surface area contributed by atoms with E-state index < -0.39 is 10.0 Å². The molecule has 10 nitrogen and oxygen atoms in total. The third-order valence-electron chi connectivity index (χ3n) is 8.16. The minimum Gasteiger partial charge on any atom is -0.457 e. The molecule has 2 aliphatic rings. The number of piperidine rings is 1. The molecule has 6 rings (SSSR count). The van der Waals surface area contributed by atoms with Crippen LogP contribution in [-0.2, 0) is 10.0 Å². The van der Waals surface area contributed by atoms with Crippen molar-refractivity contribution in [3.63, 3.8) is 0 Å². The van der Waals surface area contributed by atoms with Crippen molar-refractivity contribution >= 4 is 21.4 Å². The van der Waals surface area contributed by atoms with Crippen molar-refractivity contribution < 1.29 is 13.2 Å². The number of nitrogens with one attached hydrogen (secondary N) is 1. The van der Waals surface area contributed by atoms with Crippen LogP contribution in [-0.4, -0.2) is 79.8 Å². The molecule has 2 saturated heterocycles. The highest BCUT2D eigenvalue weighted by Gasteiger charge is 2.30. The second kappa shape index (κ2) is 13.6. The first-order valence-corrected chi connectivity index (χ1v) is 16.7. The summed E-state index contributed by atoms with van der Waals surface area (Å²) < 4.78 is 35.7. The molecule has 0 saturated carbocycles. The predicted molar refractivity (Wildman–Crippen MR) is 173 cm³/mol. The fourth-order valence-electron chi connectivity index (χ4n) is 5.75. The van der Waals surface area contributed by atoms with Gasteiger partial charge in [0.15, 0.2) is 0 Å². The molecule has 230 valence electrons. The van der Waals surface area contributed by atoms with E-state index in [1.54, 1.807) is 30.5 Å². The molecule has 1 aromatic heterocycles. The van der Waals surface area contributed by atoms with Crippen LogP contribution >= 0.6 is 0 Å². The Balaban J connectivity index is 1.16. The van der Waals surface area contributed by atoms with Gasteiger partial charge in [-0.15, -0.1) is 0 Å². The third kappa shape index (κ3) is 6.80. The summed E-state index contributed by atoms with van der Waals surface area (Å²) in [5, 5.41) is 7.93. The van der Waals surface area contributed by atoms with Gasteiger partial charge in [-0.05, 0) is 74.5 Å². The molecule has 0 spiro atoms. The van der Waals surface area contributed by atoms with E-state index in [0.717, 1.165) is 19.6 Å². The van der Waals surface area contributed by atoms with Gasteiger partial charge in [-0.25, -0.2) is 8.42 Å². The molecular formula is C33H38N6O4S. The van der Waals surface area contributed by atoms with Gasteiger partial charge < -0.3 is 19.9 Å². The van der Waals surface area contributed by atoms with E-state index in [2.05, 4.69) is 20.2 Å². The Morgan fingerprint density at radius 3 is 2.07 bits per heavy atom. The lowest BCUT2D eigenvalue weighted by Gasteiger charge is -2.36. The van der Waals surface area contributed by atoms with Gasteiger partial charge in [0.25, 0.3) is 5.56 Å². The average Bonchev–Trinajstić information content (AvgIpc) is 3.07. The van der Waals surface area contributed by atoms with Crippen molar-refractivity contribution in [3.05, 3.63) is 101 Å². The van der Waals surface area contributed by atoms with Crippen LogP contribution in [0.1, 0.15) is 19.3 Å². The summed E-state index contributed by atoms with van der Waals surface area (Å²) in [7, 11) is -3.70. The fraction of sp³-hybridized carbons (Fsp3) is 0.333. The first kappa shape index (κ1) is 29.9. The maximum absolute atomic E-state index is 13.7. The molecule has 2 fully saturated rings. The molecule has 0 bridgehead atoms. The first-order chi connectivity index (χ1) is 21.5. The van der Waals surface area contributed by atoms with Crippen LogP contribution in [0.4, 0.5) is 11.4 Å². The number of hydrogen-bond acceptors (Lipinski definition) is 8. The molecule has 0 aliphatic carbocycles. The maximum atomic E-state index is 13.7. The van der Waals surface area contributed by atoms with Crippen LogP contribution < -0.4 is 20.5 Å². The molecule has 0 radical (unpaired) electrons. The Morgan fingerprint density at radius 2 is 1.39 bits per heavy atom. The lowest BCUT2D eigenvalue weighted by molar-refractivity contribution is 0.237. The molecule has 3 heterocycles. The van der Waals surface area contributed by atoms with E-state index in [4.69, 9.17) is 4.74 Å². The molecule has 4 aromatic rings. The summed E-state index contributed by atoms with van der Waals surface area (Å²) in [4.78, 5) is 18.4. The van der Waals surface area contributed by atoms with Crippen molar-refractivity contribution in [1.82, 2.24) is 19.0 Å². The smallest absolute Gasteiger partial charge is 0.296 e. The maximum Gasteiger partial charge on any atom is 0.296 e. The van der Waals surface area contributed by atoms with Crippen LogP contribution in [0, 0.1) is 0 Å². The Labute approximate surface area is 258 Å². The molecule has 0 unspecified atom stereocenters. The largest absolute Gasteiger partial charge is 0.457 e. The third-order valence-corrected chi connectivity index (χ3v) is 10.1. The average molecular weight is 615 g/mol. The van der Waals surface area contributed by atoms with Crippen LogP contribution in [0.15, 0.2) is 101 Å². The second-order valence-corrected chi connectivity index (χ2v) is 13.0. The number of rotatable bonds is 10. The van der Waals surface area contributed by atoms with Crippen molar-refractivity contribution in [1.29, 1.82) is 0 Å². The molecule has 2 aliphatic heterocycles. The SMILES string of the molecule is O=c1c(NCCN2CCCCC2)c(N2CCN(S(=O)(=O)c3ccc(Oc4ccccc4)cc3)CC2)cnn1-c1ccccc1. The Bertz CT molecular complexity index is 1680. The summed E-state index contributed by atoms with van der Waals surface area (Å²) in [5.74, 6) is 1.25. The van der Waals surface area contributed by atoms with Gasteiger partial charge in [-0.2, -0.15) is 14.1 Å². The van der Waals surface area contributed by atoms with Crippen LogP contribution in [0.3, 0.4) is 0 Å². The van der Waals surface area contributed by atoms with E-state index in [-0.39, 0.29) is 10.5 Å². The van der Waals surface area contributed by atoms with Crippen molar-refractivity contribution in [2.45, 2.75) is 24.2 Å². The van der Waals surface area contributed by atoms with Gasteiger partial charge in [-0.1, -0.05) is 42.8 Å². The number of aromatic nitrogens is 2. The number of anilines is 2. The van der Waals surface area contributed by atoms with Crippen molar-refractivity contribution in [2.75, 3.05) is 62.6 Å². The Hall–Kier alpha value is -4.19. The van der Waals surface area contributed by atoms with Gasteiger partial charge in [0, 0.05) is 39.3 Å². The number of hydrogen-bond donors (Lipinski definition) is 1. The molecule has 11 heteroatoms.